The summed E-state index contributed by atoms with van der Waals surface area (Å²) in [5.74, 6) is 0. The third kappa shape index (κ3) is 1.92. The molecule has 0 radical (unpaired) electrons. The SMILES string of the molecule is CNCc1ccc2c(c1)CCCC2. The maximum atomic E-state index is 3.19. The Labute approximate surface area is 80.2 Å². The van der Waals surface area contributed by atoms with Gasteiger partial charge in [-0.15, -0.1) is 0 Å². The molecule has 0 saturated carbocycles. The molecule has 0 saturated heterocycles. The van der Waals surface area contributed by atoms with Crippen molar-refractivity contribution >= 4 is 0 Å². The van der Waals surface area contributed by atoms with Crippen LogP contribution in [0.3, 0.4) is 0 Å². The first-order valence-corrected chi connectivity index (χ1v) is 5.15. The van der Waals surface area contributed by atoms with Crippen LogP contribution in [0.25, 0.3) is 0 Å². The highest BCUT2D eigenvalue weighted by molar-refractivity contribution is 5.33. The van der Waals surface area contributed by atoms with E-state index in [2.05, 4.69) is 23.5 Å². The summed E-state index contributed by atoms with van der Waals surface area (Å²) in [5.41, 5.74) is 4.58. The lowest BCUT2D eigenvalue weighted by Crippen LogP contribution is -2.08. The molecule has 0 spiro atoms. The second-order valence-corrected chi connectivity index (χ2v) is 3.84. The molecular weight excluding hydrogens is 158 g/mol. The van der Waals surface area contributed by atoms with Gasteiger partial charge in [0.15, 0.2) is 0 Å². The van der Waals surface area contributed by atoms with Crippen LogP contribution in [0.4, 0.5) is 0 Å². The van der Waals surface area contributed by atoms with Gasteiger partial charge in [0.1, 0.15) is 0 Å². The van der Waals surface area contributed by atoms with E-state index in [1.54, 1.807) is 11.1 Å². The van der Waals surface area contributed by atoms with E-state index >= 15 is 0 Å². The average Bonchev–Trinajstić information content (AvgIpc) is 2.18. The van der Waals surface area contributed by atoms with Crippen LogP contribution >= 0.6 is 0 Å². The molecule has 0 amide bonds. The fourth-order valence-electron chi connectivity index (χ4n) is 2.10. The highest BCUT2D eigenvalue weighted by atomic mass is 14.8. The molecule has 13 heavy (non-hydrogen) atoms. The summed E-state index contributed by atoms with van der Waals surface area (Å²) in [7, 11) is 2.00. The quantitative estimate of drug-likeness (QED) is 0.727. The van der Waals surface area contributed by atoms with Crippen LogP contribution in [-0.4, -0.2) is 7.05 Å². The standard InChI is InChI=1S/C12H17N/c1-13-9-10-6-7-11-4-2-3-5-12(11)8-10/h6-8,13H,2-5,9H2,1H3. The molecule has 0 unspecified atom stereocenters. The molecule has 0 aliphatic heterocycles. The molecule has 1 aromatic carbocycles. The van der Waals surface area contributed by atoms with Gasteiger partial charge in [0.25, 0.3) is 0 Å². The topological polar surface area (TPSA) is 12.0 Å². The van der Waals surface area contributed by atoms with Crippen molar-refractivity contribution < 1.29 is 0 Å². The predicted molar refractivity (Wildman–Crippen MR) is 55.8 cm³/mol. The zero-order valence-electron chi connectivity index (χ0n) is 8.27. The zero-order valence-corrected chi connectivity index (χ0v) is 8.27. The van der Waals surface area contributed by atoms with Gasteiger partial charge >= 0.3 is 0 Å². The van der Waals surface area contributed by atoms with Gasteiger partial charge < -0.3 is 5.32 Å². The Bertz CT molecular complexity index is 291. The van der Waals surface area contributed by atoms with E-state index in [1.807, 2.05) is 7.05 Å². The summed E-state index contributed by atoms with van der Waals surface area (Å²) in [5, 5.41) is 3.19. The largest absolute Gasteiger partial charge is 0.316 e. The highest BCUT2D eigenvalue weighted by Crippen LogP contribution is 2.21. The molecule has 1 aliphatic carbocycles. The maximum Gasteiger partial charge on any atom is 0.0202 e. The number of fused-ring (bicyclic) bond motifs is 1. The first-order chi connectivity index (χ1) is 6.40. The van der Waals surface area contributed by atoms with Gasteiger partial charge in [0.05, 0.1) is 0 Å². The molecule has 2 rings (SSSR count). The molecule has 1 N–H and O–H groups in total. The molecule has 0 bridgehead atoms. The number of nitrogens with one attached hydrogen (secondary N) is 1. The summed E-state index contributed by atoms with van der Waals surface area (Å²) >= 11 is 0. The fourth-order valence-corrected chi connectivity index (χ4v) is 2.10. The molecule has 1 aliphatic rings. The van der Waals surface area contributed by atoms with Gasteiger partial charge in [-0.25, -0.2) is 0 Å². The van der Waals surface area contributed by atoms with Crippen LogP contribution < -0.4 is 5.32 Å². The molecule has 1 heteroatoms. The van der Waals surface area contributed by atoms with Crippen molar-refractivity contribution in [3.8, 4) is 0 Å². The summed E-state index contributed by atoms with van der Waals surface area (Å²) < 4.78 is 0. The molecule has 0 atom stereocenters. The van der Waals surface area contributed by atoms with Crippen LogP contribution in [-0.2, 0) is 19.4 Å². The van der Waals surface area contributed by atoms with Crippen molar-refractivity contribution in [3.05, 3.63) is 34.9 Å². The summed E-state index contributed by atoms with van der Waals surface area (Å²) in [6.45, 7) is 0.993. The lowest BCUT2D eigenvalue weighted by molar-refractivity contribution is 0.682. The third-order valence-electron chi connectivity index (χ3n) is 2.79. The third-order valence-corrected chi connectivity index (χ3v) is 2.79. The Morgan fingerprint density at radius 3 is 2.69 bits per heavy atom. The van der Waals surface area contributed by atoms with E-state index in [9.17, 15) is 0 Å². The van der Waals surface area contributed by atoms with Gasteiger partial charge in [-0.1, -0.05) is 18.2 Å². The molecule has 1 nitrogen and oxygen atoms in total. The van der Waals surface area contributed by atoms with Crippen LogP contribution in [0.1, 0.15) is 29.5 Å². The summed E-state index contributed by atoms with van der Waals surface area (Å²) in [6, 6.07) is 6.92. The predicted octanol–water partition coefficient (Wildman–Crippen LogP) is 2.28. The Morgan fingerprint density at radius 1 is 1.15 bits per heavy atom. The fraction of sp³-hybridized carbons (Fsp3) is 0.500. The van der Waals surface area contributed by atoms with Crippen molar-refractivity contribution in [1.82, 2.24) is 5.32 Å². The van der Waals surface area contributed by atoms with Gasteiger partial charge in [0.2, 0.25) is 0 Å². The molecule has 0 aromatic heterocycles. The van der Waals surface area contributed by atoms with Crippen LogP contribution in [0, 0.1) is 0 Å². The number of hydrogen-bond donors (Lipinski definition) is 1. The van der Waals surface area contributed by atoms with Crippen LogP contribution in [0.15, 0.2) is 18.2 Å². The van der Waals surface area contributed by atoms with Gasteiger partial charge in [-0.2, -0.15) is 0 Å². The first-order valence-electron chi connectivity index (χ1n) is 5.15. The van der Waals surface area contributed by atoms with E-state index < -0.39 is 0 Å². The van der Waals surface area contributed by atoms with E-state index in [1.165, 1.54) is 31.2 Å². The van der Waals surface area contributed by atoms with E-state index in [4.69, 9.17) is 0 Å². The lowest BCUT2D eigenvalue weighted by atomic mass is 9.90. The Kier molecular flexibility index (Phi) is 2.65. The summed E-state index contributed by atoms with van der Waals surface area (Å²) in [6.07, 6.45) is 5.32. The van der Waals surface area contributed by atoms with Crippen LogP contribution in [0.5, 0.6) is 0 Å². The second-order valence-electron chi connectivity index (χ2n) is 3.84. The highest BCUT2D eigenvalue weighted by Gasteiger charge is 2.08. The molecule has 0 fully saturated rings. The van der Waals surface area contributed by atoms with Crippen molar-refractivity contribution in [2.24, 2.45) is 0 Å². The van der Waals surface area contributed by atoms with Crippen molar-refractivity contribution in [2.75, 3.05) is 7.05 Å². The van der Waals surface area contributed by atoms with Gasteiger partial charge in [0, 0.05) is 6.54 Å². The number of aryl methyl sites for hydroxylation is 2. The molecule has 0 heterocycles. The number of rotatable bonds is 2. The Balaban J connectivity index is 2.24. The van der Waals surface area contributed by atoms with Gasteiger partial charge in [-0.05, 0) is 49.4 Å². The van der Waals surface area contributed by atoms with E-state index in [-0.39, 0.29) is 0 Å². The van der Waals surface area contributed by atoms with Crippen molar-refractivity contribution in [1.29, 1.82) is 0 Å². The van der Waals surface area contributed by atoms with E-state index in [0.29, 0.717) is 0 Å². The van der Waals surface area contributed by atoms with Crippen LogP contribution in [0.2, 0.25) is 0 Å². The van der Waals surface area contributed by atoms with Crippen molar-refractivity contribution in [2.45, 2.75) is 32.2 Å². The number of benzene rings is 1. The lowest BCUT2D eigenvalue weighted by Gasteiger charge is -2.16. The maximum absolute atomic E-state index is 3.19. The Hall–Kier alpha value is -0.820. The normalized spacial score (nSPS) is 15.5. The molecule has 1 aromatic rings. The van der Waals surface area contributed by atoms with Gasteiger partial charge in [-0.3, -0.25) is 0 Å². The minimum absolute atomic E-state index is 0.993. The second kappa shape index (κ2) is 3.93. The summed E-state index contributed by atoms with van der Waals surface area (Å²) in [4.78, 5) is 0. The minimum atomic E-state index is 0.993. The molecule has 70 valence electrons. The number of hydrogen-bond acceptors (Lipinski definition) is 1. The monoisotopic (exact) mass is 175 g/mol. The molecular formula is C12H17N. The van der Waals surface area contributed by atoms with E-state index in [0.717, 1.165) is 6.54 Å². The smallest absolute Gasteiger partial charge is 0.0202 e. The minimum Gasteiger partial charge on any atom is -0.316 e. The van der Waals surface area contributed by atoms with Crippen molar-refractivity contribution in [3.63, 3.8) is 0 Å². The zero-order chi connectivity index (χ0) is 9.10. The Morgan fingerprint density at radius 2 is 1.92 bits per heavy atom. The first kappa shape index (κ1) is 8.76. The average molecular weight is 175 g/mol.